The third-order valence-corrected chi connectivity index (χ3v) is 11.2. The fraction of sp³-hybridized carbons (Fsp3) is 0.0500. The molecule has 4 aliphatic heterocycles. The predicted octanol–water partition coefficient (Wildman–Crippen LogP) is 6.29. The minimum atomic E-state index is -0.621. The maximum Gasteiger partial charge on any atom is 0.443 e. The summed E-state index contributed by atoms with van der Waals surface area (Å²) >= 11 is 0. The largest absolute Gasteiger partial charge is 0.455 e. The van der Waals surface area contributed by atoms with E-state index in [1.165, 1.54) is 87.6 Å². The minimum Gasteiger partial charge on any atom is -0.455 e. The summed E-state index contributed by atoms with van der Waals surface area (Å²) in [5.74, 6) is 1.91. The molecular weight excluding hydrogens is 538 g/mol. The zero-order valence-corrected chi connectivity index (χ0v) is 23.4. The van der Waals surface area contributed by atoms with Crippen molar-refractivity contribution in [2.75, 3.05) is 0 Å². The Morgan fingerprint density at radius 2 is 1.27 bits per heavy atom. The normalized spacial score (nSPS) is 20.2. The quantitative estimate of drug-likeness (QED) is 0.158. The Morgan fingerprint density at radius 1 is 0.568 bits per heavy atom. The van der Waals surface area contributed by atoms with Crippen molar-refractivity contribution in [3.8, 4) is 22.6 Å². The fourth-order valence-electron chi connectivity index (χ4n) is 9.89. The number of hydrogen-bond acceptors (Lipinski definition) is 1. The molecule has 1 spiro atoms. The van der Waals surface area contributed by atoms with Crippen LogP contribution in [0.15, 0.2) is 121 Å². The van der Waals surface area contributed by atoms with Gasteiger partial charge in [0.15, 0.2) is 11.1 Å². The molecule has 0 radical (unpaired) electrons. The average Bonchev–Trinajstić information content (AvgIpc) is 3.79. The number of pyridine rings is 1. The molecule has 2 atom stereocenters. The van der Waals surface area contributed by atoms with Crippen molar-refractivity contribution < 1.29 is 9.42 Å². The molecule has 200 valence electrons. The Labute approximate surface area is 250 Å². The van der Waals surface area contributed by atoms with Gasteiger partial charge in [-0.2, -0.15) is 0 Å². The maximum absolute atomic E-state index is 6.97. The van der Waals surface area contributed by atoms with E-state index in [1.807, 2.05) is 0 Å². The van der Waals surface area contributed by atoms with Crippen LogP contribution >= 0.6 is 0 Å². The molecule has 0 bridgehead atoms. The summed E-state index contributed by atoms with van der Waals surface area (Å²) in [4.78, 5) is 0. The number of ether oxygens (including phenoxy) is 1. The lowest BCUT2D eigenvalue weighted by Crippen LogP contribution is -2.66. The SMILES string of the molecule is c1ccc2c(c1)C1=c3ccccc3=[N+]3C1c1c-2ccc2c1C31c3c(ccc4c5ccccc5c5c6ccccc6[n+]1n5c34)O2. The first-order valence-corrected chi connectivity index (χ1v) is 15.4. The highest BCUT2D eigenvalue weighted by molar-refractivity contribution is 6.19. The van der Waals surface area contributed by atoms with Crippen LogP contribution in [-0.2, 0) is 5.66 Å². The zero-order chi connectivity index (χ0) is 28.1. The van der Waals surface area contributed by atoms with E-state index in [9.17, 15) is 0 Å². The molecule has 4 nitrogen and oxygen atoms in total. The summed E-state index contributed by atoms with van der Waals surface area (Å²) in [5, 5.41) is 7.72. The molecule has 8 aromatic rings. The third-order valence-electron chi connectivity index (χ3n) is 11.2. The van der Waals surface area contributed by atoms with Crippen molar-refractivity contribution in [3.05, 3.63) is 154 Å². The Kier molecular flexibility index (Phi) is 3.07. The minimum absolute atomic E-state index is 0.0811. The van der Waals surface area contributed by atoms with E-state index >= 15 is 0 Å². The van der Waals surface area contributed by atoms with Gasteiger partial charge in [0.05, 0.1) is 16.2 Å². The highest BCUT2D eigenvalue weighted by Gasteiger charge is 2.76. The second-order valence-electron chi connectivity index (χ2n) is 12.8. The smallest absolute Gasteiger partial charge is 0.443 e. The molecule has 44 heavy (non-hydrogen) atoms. The Bertz CT molecular complexity index is 2930. The monoisotopic (exact) mass is 559 g/mol. The molecule has 5 aliphatic rings. The molecule has 13 rings (SSSR count). The van der Waals surface area contributed by atoms with Gasteiger partial charge in [-0.15, -0.1) is 9.09 Å². The van der Waals surface area contributed by atoms with Crippen LogP contribution in [0.5, 0.6) is 11.5 Å². The predicted molar refractivity (Wildman–Crippen MR) is 170 cm³/mol. The van der Waals surface area contributed by atoms with Crippen LogP contribution < -0.4 is 24.6 Å². The number of para-hydroxylation sites is 2. The summed E-state index contributed by atoms with van der Waals surface area (Å²) < 4.78 is 14.9. The number of hydrogen-bond donors (Lipinski definition) is 0. The van der Waals surface area contributed by atoms with Crippen LogP contribution in [-0.4, -0.2) is 4.52 Å². The maximum atomic E-state index is 6.97. The number of rotatable bonds is 0. The summed E-state index contributed by atoms with van der Waals surface area (Å²) in [7, 11) is 0. The van der Waals surface area contributed by atoms with Crippen molar-refractivity contribution in [1.82, 2.24) is 9.09 Å². The first-order valence-electron chi connectivity index (χ1n) is 15.4. The molecule has 0 saturated heterocycles. The summed E-state index contributed by atoms with van der Waals surface area (Å²) in [6.07, 6.45) is 0. The second kappa shape index (κ2) is 6.43. The molecule has 0 amide bonds. The van der Waals surface area contributed by atoms with Crippen molar-refractivity contribution in [3.63, 3.8) is 0 Å². The highest BCUT2D eigenvalue weighted by atomic mass is 16.5. The lowest BCUT2D eigenvalue weighted by molar-refractivity contribution is -0.781. The van der Waals surface area contributed by atoms with Gasteiger partial charge in [0, 0.05) is 28.5 Å². The van der Waals surface area contributed by atoms with Gasteiger partial charge < -0.3 is 4.74 Å². The standard InChI is InChI=1S/C40H21N3O/c1-3-11-23-21(9-1)24-17-19-31-35-34(24)39-33(23)27-13-5-7-15-29(27)41(39)40(35)36-32(44-31)20-18-26-22-10-2-4-12-25(22)37-28-14-6-8-16-30(28)43(40)42(37)38(26)36/h1-20,39H/q+2. The average molecular weight is 560 g/mol. The van der Waals surface area contributed by atoms with Crippen LogP contribution in [0.3, 0.4) is 0 Å². The van der Waals surface area contributed by atoms with E-state index in [2.05, 4.69) is 135 Å². The molecular formula is C40H21N3O+2. The van der Waals surface area contributed by atoms with E-state index in [0.717, 1.165) is 11.5 Å². The van der Waals surface area contributed by atoms with Crippen LogP contribution in [0.25, 0.3) is 54.8 Å². The first-order chi connectivity index (χ1) is 21.9. The van der Waals surface area contributed by atoms with E-state index in [4.69, 9.17) is 4.74 Å². The Hall–Kier alpha value is -5.74. The molecule has 0 saturated carbocycles. The van der Waals surface area contributed by atoms with Gasteiger partial charge in [0.25, 0.3) is 0 Å². The summed E-state index contributed by atoms with van der Waals surface area (Å²) in [5.41, 5.74) is 12.4. The Morgan fingerprint density at radius 3 is 2.20 bits per heavy atom. The molecule has 0 fully saturated rings. The van der Waals surface area contributed by atoms with Gasteiger partial charge in [0.1, 0.15) is 22.5 Å². The van der Waals surface area contributed by atoms with Crippen molar-refractivity contribution >= 4 is 43.7 Å². The van der Waals surface area contributed by atoms with Gasteiger partial charge in [0.2, 0.25) is 16.9 Å². The lowest BCUT2D eigenvalue weighted by Gasteiger charge is -2.25. The van der Waals surface area contributed by atoms with Crippen molar-refractivity contribution in [2.24, 2.45) is 0 Å². The molecule has 0 N–H and O–H groups in total. The Balaban J connectivity index is 1.40. The molecule has 1 aliphatic carbocycles. The zero-order valence-electron chi connectivity index (χ0n) is 23.4. The number of nitrogens with zero attached hydrogens (tertiary/aromatic N) is 3. The van der Waals surface area contributed by atoms with Gasteiger partial charge in [-0.1, -0.05) is 78.9 Å². The lowest BCUT2D eigenvalue weighted by atomic mass is 9.76. The third kappa shape index (κ3) is 1.85. The molecule has 4 heteroatoms. The van der Waals surface area contributed by atoms with Gasteiger partial charge in [-0.25, -0.2) is 0 Å². The fourth-order valence-corrected chi connectivity index (χ4v) is 9.89. The topological polar surface area (TPSA) is 20.5 Å². The van der Waals surface area contributed by atoms with Crippen molar-refractivity contribution in [2.45, 2.75) is 11.7 Å². The summed E-state index contributed by atoms with van der Waals surface area (Å²) in [6, 6.07) is 45.1. The second-order valence-corrected chi connectivity index (χ2v) is 12.8. The van der Waals surface area contributed by atoms with Gasteiger partial charge in [-0.3, -0.25) is 0 Å². The van der Waals surface area contributed by atoms with Gasteiger partial charge >= 0.3 is 5.66 Å². The van der Waals surface area contributed by atoms with E-state index < -0.39 is 5.66 Å². The van der Waals surface area contributed by atoms with Crippen LogP contribution in [0.4, 0.5) is 0 Å². The van der Waals surface area contributed by atoms with Crippen LogP contribution in [0.1, 0.15) is 28.3 Å². The first kappa shape index (κ1) is 21.0. The van der Waals surface area contributed by atoms with Crippen LogP contribution in [0.2, 0.25) is 0 Å². The van der Waals surface area contributed by atoms with Gasteiger partial charge in [-0.05, 0) is 57.1 Å². The molecule has 6 heterocycles. The molecule has 6 aromatic carbocycles. The van der Waals surface area contributed by atoms with E-state index in [1.54, 1.807) is 0 Å². The van der Waals surface area contributed by atoms with Crippen LogP contribution in [0, 0.1) is 0 Å². The summed E-state index contributed by atoms with van der Waals surface area (Å²) in [6.45, 7) is 0. The van der Waals surface area contributed by atoms with E-state index in [0.29, 0.717) is 0 Å². The highest BCUT2D eigenvalue weighted by Crippen LogP contribution is 2.64. The number of fused-ring (bicyclic) bond motifs is 10. The van der Waals surface area contributed by atoms with E-state index in [-0.39, 0.29) is 6.04 Å². The van der Waals surface area contributed by atoms with Crippen molar-refractivity contribution in [1.29, 1.82) is 0 Å². The number of aromatic nitrogens is 2. The molecule has 2 aromatic heterocycles. The number of benzene rings is 6. The molecule has 2 unspecified atom stereocenters.